The van der Waals surface area contributed by atoms with Crippen molar-refractivity contribution in [2.45, 2.75) is 12.3 Å². The molecule has 0 aromatic heterocycles. The fourth-order valence-corrected chi connectivity index (χ4v) is 3.11. The van der Waals surface area contributed by atoms with E-state index in [0.29, 0.717) is 21.7 Å². The highest BCUT2D eigenvalue weighted by Crippen LogP contribution is 2.26. The van der Waals surface area contributed by atoms with Gasteiger partial charge in [-0.1, -0.05) is 35.3 Å². The number of anilines is 2. The summed E-state index contributed by atoms with van der Waals surface area (Å²) in [5, 5.41) is 9.78. The van der Waals surface area contributed by atoms with Gasteiger partial charge in [0, 0.05) is 17.3 Å². The van der Waals surface area contributed by atoms with E-state index >= 15 is 0 Å². The molecule has 1 atom stereocenters. The smallest absolute Gasteiger partial charge is 0.316 e. The first-order valence-electron chi connectivity index (χ1n) is 7.45. The number of hydrogen-bond acceptors (Lipinski definition) is 2. The van der Waals surface area contributed by atoms with Crippen molar-refractivity contribution in [1.29, 1.82) is 0 Å². The Hall–Kier alpha value is -1.46. The van der Waals surface area contributed by atoms with Crippen molar-refractivity contribution < 1.29 is 4.79 Å². The molecule has 1 unspecified atom stereocenters. The molecule has 3 rings (SSSR count). The van der Waals surface area contributed by atoms with Gasteiger partial charge in [-0.25, -0.2) is 4.79 Å². The normalized spacial score (nSPS) is 16.3. The Kier molecular flexibility index (Phi) is 6.75. The quantitative estimate of drug-likeness (QED) is 0.684. The first kappa shape index (κ1) is 18.9. The largest absolute Gasteiger partial charge is 0.323 e. The minimum absolute atomic E-state index is 0. The van der Waals surface area contributed by atoms with Crippen molar-refractivity contribution in [1.82, 2.24) is 5.32 Å². The van der Waals surface area contributed by atoms with E-state index in [2.05, 4.69) is 28.1 Å². The number of carbonyl (C=O) groups excluding carboxylic acids is 1. The number of urea groups is 1. The van der Waals surface area contributed by atoms with Gasteiger partial charge in [-0.2, -0.15) is 0 Å². The van der Waals surface area contributed by atoms with Crippen LogP contribution in [0.25, 0.3) is 0 Å². The number of halogens is 3. The molecule has 2 amide bonds. The minimum atomic E-state index is -0.343. The molecule has 128 valence electrons. The van der Waals surface area contributed by atoms with E-state index in [1.807, 2.05) is 12.1 Å². The van der Waals surface area contributed by atoms with E-state index in [4.69, 9.17) is 23.2 Å². The predicted molar refractivity (Wildman–Crippen MR) is 103 cm³/mol. The highest BCUT2D eigenvalue weighted by molar-refractivity contribution is 6.36. The zero-order valence-corrected chi connectivity index (χ0v) is 15.1. The fraction of sp³-hybridized carbons (Fsp3) is 0.235. The highest BCUT2D eigenvalue weighted by Gasteiger charge is 2.16. The van der Waals surface area contributed by atoms with Crippen molar-refractivity contribution in [2.75, 3.05) is 23.7 Å². The lowest BCUT2D eigenvalue weighted by molar-refractivity contribution is 0.262. The van der Waals surface area contributed by atoms with Gasteiger partial charge in [-0.15, -0.1) is 12.4 Å². The van der Waals surface area contributed by atoms with Crippen LogP contribution < -0.4 is 16.0 Å². The van der Waals surface area contributed by atoms with E-state index < -0.39 is 0 Å². The van der Waals surface area contributed by atoms with Crippen molar-refractivity contribution >= 4 is 53.0 Å². The molecule has 0 aliphatic carbocycles. The van der Waals surface area contributed by atoms with Gasteiger partial charge in [0.05, 0.1) is 10.7 Å². The zero-order chi connectivity index (χ0) is 16.2. The third-order valence-electron chi connectivity index (χ3n) is 3.88. The van der Waals surface area contributed by atoms with Crippen LogP contribution in [0.5, 0.6) is 0 Å². The third-order valence-corrected chi connectivity index (χ3v) is 4.43. The summed E-state index contributed by atoms with van der Waals surface area (Å²) < 4.78 is 0. The molecule has 0 radical (unpaired) electrons. The number of amides is 2. The fourth-order valence-electron chi connectivity index (χ4n) is 2.65. The van der Waals surface area contributed by atoms with E-state index in [1.54, 1.807) is 18.2 Å². The number of rotatable bonds is 3. The van der Waals surface area contributed by atoms with Gasteiger partial charge >= 0.3 is 6.03 Å². The molecule has 1 aliphatic heterocycles. The van der Waals surface area contributed by atoms with Crippen LogP contribution in [0.2, 0.25) is 10.0 Å². The van der Waals surface area contributed by atoms with Crippen LogP contribution in [0.4, 0.5) is 16.2 Å². The van der Waals surface area contributed by atoms with Crippen molar-refractivity contribution in [3.8, 4) is 0 Å². The highest BCUT2D eigenvalue weighted by atomic mass is 35.5. The molecule has 1 saturated heterocycles. The first-order chi connectivity index (χ1) is 11.1. The van der Waals surface area contributed by atoms with Crippen LogP contribution >= 0.6 is 35.6 Å². The van der Waals surface area contributed by atoms with Gasteiger partial charge in [0.1, 0.15) is 0 Å². The lowest BCUT2D eigenvalue weighted by atomic mass is 9.98. The number of hydrogen-bond donors (Lipinski definition) is 3. The molecular weight excluding hydrogens is 369 g/mol. The molecule has 1 fully saturated rings. The first-order valence-corrected chi connectivity index (χ1v) is 8.21. The van der Waals surface area contributed by atoms with Gasteiger partial charge in [0.15, 0.2) is 0 Å². The topological polar surface area (TPSA) is 53.2 Å². The molecule has 3 N–H and O–H groups in total. The summed E-state index contributed by atoms with van der Waals surface area (Å²) in [6.45, 7) is 2.08. The summed E-state index contributed by atoms with van der Waals surface area (Å²) in [7, 11) is 0. The summed E-state index contributed by atoms with van der Waals surface area (Å²) in [5.41, 5.74) is 2.55. The molecule has 1 heterocycles. The maximum Gasteiger partial charge on any atom is 0.323 e. The van der Waals surface area contributed by atoms with Crippen molar-refractivity contribution in [2.24, 2.45) is 0 Å². The Labute approximate surface area is 157 Å². The number of benzene rings is 2. The third kappa shape index (κ3) is 4.77. The second kappa shape index (κ2) is 8.58. The van der Waals surface area contributed by atoms with Crippen LogP contribution in [0.3, 0.4) is 0 Å². The van der Waals surface area contributed by atoms with Crippen LogP contribution in [-0.4, -0.2) is 19.1 Å². The zero-order valence-electron chi connectivity index (χ0n) is 12.8. The molecule has 1 aliphatic rings. The SMILES string of the molecule is Cl.O=C(Nc1ccc(C2CCNC2)cc1)Nc1ccc(Cl)cc1Cl. The monoisotopic (exact) mass is 385 g/mol. The standard InChI is InChI=1S/C17H17Cl2N3O.ClH/c18-13-3-6-16(15(19)9-13)22-17(23)21-14-4-1-11(2-5-14)12-7-8-20-10-12;/h1-6,9,12,20H,7-8,10H2,(H2,21,22,23);1H. The molecule has 0 bridgehead atoms. The summed E-state index contributed by atoms with van der Waals surface area (Å²) in [4.78, 5) is 12.0. The number of nitrogens with one attached hydrogen (secondary N) is 3. The molecule has 24 heavy (non-hydrogen) atoms. The second-order valence-corrected chi connectivity index (χ2v) is 6.36. The van der Waals surface area contributed by atoms with Crippen molar-refractivity contribution in [3.05, 3.63) is 58.1 Å². The van der Waals surface area contributed by atoms with Gasteiger partial charge in [-0.05, 0) is 54.8 Å². The number of carbonyl (C=O) groups is 1. The van der Waals surface area contributed by atoms with Gasteiger partial charge in [0.2, 0.25) is 0 Å². The molecule has 4 nitrogen and oxygen atoms in total. The Morgan fingerprint density at radius 3 is 2.46 bits per heavy atom. The van der Waals surface area contributed by atoms with Crippen molar-refractivity contribution in [3.63, 3.8) is 0 Å². The van der Waals surface area contributed by atoms with Crippen LogP contribution in [-0.2, 0) is 0 Å². The molecule has 2 aromatic carbocycles. The van der Waals surface area contributed by atoms with Gasteiger partial charge in [-0.3, -0.25) is 0 Å². The summed E-state index contributed by atoms with van der Waals surface area (Å²) in [5.74, 6) is 0.561. The van der Waals surface area contributed by atoms with E-state index in [0.717, 1.165) is 25.2 Å². The Morgan fingerprint density at radius 1 is 1.08 bits per heavy atom. The van der Waals surface area contributed by atoms with E-state index in [9.17, 15) is 4.79 Å². The maximum absolute atomic E-state index is 12.0. The second-order valence-electron chi connectivity index (χ2n) is 5.52. The molecule has 0 spiro atoms. The Bertz CT molecular complexity index is 701. The van der Waals surface area contributed by atoms with Crippen LogP contribution in [0, 0.1) is 0 Å². The Balaban J connectivity index is 0.00000208. The average molecular weight is 387 g/mol. The lowest BCUT2D eigenvalue weighted by Gasteiger charge is -2.12. The minimum Gasteiger partial charge on any atom is -0.316 e. The summed E-state index contributed by atoms with van der Waals surface area (Å²) >= 11 is 11.9. The molecule has 0 saturated carbocycles. The maximum atomic E-state index is 12.0. The molecule has 2 aromatic rings. The van der Waals surface area contributed by atoms with Crippen LogP contribution in [0.1, 0.15) is 17.9 Å². The predicted octanol–water partition coefficient (Wildman–Crippen LogP) is 5.14. The summed E-state index contributed by atoms with van der Waals surface area (Å²) in [6, 6.07) is 12.5. The van der Waals surface area contributed by atoms with E-state index in [-0.39, 0.29) is 18.4 Å². The Morgan fingerprint density at radius 2 is 1.83 bits per heavy atom. The average Bonchev–Trinajstić information content (AvgIpc) is 3.05. The summed E-state index contributed by atoms with van der Waals surface area (Å²) in [6.07, 6.45) is 1.16. The molecular formula is C17H18Cl3N3O. The molecule has 7 heteroatoms. The van der Waals surface area contributed by atoms with Gasteiger partial charge in [0.25, 0.3) is 0 Å². The lowest BCUT2D eigenvalue weighted by Crippen LogP contribution is -2.19. The van der Waals surface area contributed by atoms with Gasteiger partial charge < -0.3 is 16.0 Å². The van der Waals surface area contributed by atoms with E-state index in [1.165, 1.54) is 5.56 Å². The van der Waals surface area contributed by atoms with Crippen LogP contribution in [0.15, 0.2) is 42.5 Å².